The van der Waals surface area contributed by atoms with Gasteiger partial charge in [-0.15, -0.1) is 0 Å². The molecule has 0 aromatic heterocycles. The van der Waals surface area contributed by atoms with E-state index in [1.807, 2.05) is 0 Å². The highest BCUT2D eigenvalue weighted by atomic mass is 32.2. The zero-order valence-electron chi connectivity index (χ0n) is 9.18. The molecule has 1 saturated carbocycles. The van der Waals surface area contributed by atoms with Crippen LogP contribution in [0.3, 0.4) is 0 Å². The van der Waals surface area contributed by atoms with E-state index in [1.54, 1.807) is 0 Å². The molecule has 0 aromatic carbocycles. The first kappa shape index (κ1) is 11.4. The summed E-state index contributed by atoms with van der Waals surface area (Å²) in [6, 6.07) is 0.812. The fourth-order valence-electron chi connectivity index (χ4n) is 1.91. The molecule has 0 amide bonds. The maximum absolute atomic E-state index is 3.66. The second kappa shape index (κ2) is 5.92. The summed E-state index contributed by atoms with van der Waals surface area (Å²) >= 11 is 2.14. The van der Waals surface area contributed by atoms with Gasteiger partial charge in [-0.25, -0.2) is 0 Å². The molecule has 0 aromatic rings. The van der Waals surface area contributed by atoms with Crippen LogP contribution in [0.15, 0.2) is 0 Å². The van der Waals surface area contributed by atoms with Crippen LogP contribution in [-0.2, 0) is 0 Å². The van der Waals surface area contributed by atoms with Crippen molar-refractivity contribution in [3.63, 3.8) is 0 Å². The van der Waals surface area contributed by atoms with E-state index < -0.39 is 0 Å². The van der Waals surface area contributed by atoms with E-state index in [2.05, 4.69) is 37.8 Å². The number of hydrogen-bond acceptors (Lipinski definition) is 2. The van der Waals surface area contributed by atoms with Gasteiger partial charge in [-0.3, -0.25) is 0 Å². The minimum atomic E-state index is 0.790. The summed E-state index contributed by atoms with van der Waals surface area (Å²) in [4.78, 5) is 0. The van der Waals surface area contributed by atoms with Crippen LogP contribution in [0.4, 0.5) is 0 Å². The first-order valence-corrected chi connectivity index (χ1v) is 6.62. The highest BCUT2D eigenvalue weighted by Gasteiger charge is 2.23. The molecule has 1 fully saturated rings. The molecule has 78 valence electrons. The van der Waals surface area contributed by atoms with Gasteiger partial charge >= 0.3 is 0 Å². The lowest BCUT2D eigenvalue weighted by molar-refractivity contribution is 0.469. The molecule has 0 bridgehead atoms. The molecule has 0 spiro atoms. The SMILES string of the molecule is CCSC1CCC(NCC(C)C)C1. The topological polar surface area (TPSA) is 12.0 Å². The van der Waals surface area contributed by atoms with Crippen molar-refractivity contribution in [2.75, 3.05) is 12.3 Å². The van der Waals surface area contributed by atoms with Crippen molar-refractivity contribution in [1.82, 2.24) is 5.32 Å². The second-order valence-electron chi connectivity index (χ2n) is 4.39. The molecule has 0 heterocycles. The molecule has 0 saturated heterocycles. The Hall–Kier alpha value is 0.310. The first-order valence-electron chi connectivity index (χ1n) is 5.57. The standard InChI is InChI=1S/C11H23NS/c1-4-13-11-6-5-10(7-11)12-8-9(2)3/h9-12H,4-8H2,1-3H3. The number of thioether (sulfide) groups is 1. The minimum Gasteiger partial charge on any atom is -0.314 e. The van der Waals surface area contributed by atoms with Crippen LogP contribution in [0.5, 0.6) is 0 Å². The largest absolute Gasteiger partial charge is 0.314 e. The van der Waals surface area contributed by atoms with Crippen molar-refractivity contribution in [3.8, 4) is 0 Å². The van der Waals surface area contributed by atoms with Crippen LogP contribution < -0.4 is 5.32 Å². The van der Waals surface area contributed by atoms with Gasteiger partial charge in [0.1, 0.15) is 0 Å². The molecular formula is C11H23NS. The van der Waals surface area contributed by atoms with Gasteiger partial charge in [0.05, 0.1) is 0 Å². The van der Waals surface area contributed by atoms with Crippen molar-refractivity contribution in [3.05, 3.63) is 0 Å². The third kappa shape index (κ3) is 4.37. The summed E-state index contributed by atoms with van der Waals surface area (Å²) in [5.41, 5.74) is 0. The Balaban J connectivity index is 2.10. The summed E-state index contributed by atoms with van der Waals surface area (Å²) in [6.45, 7) is 8.01. The van der Waals surface area contributed by atoms with E-state index in [0.29, 0.717) is 0 Å². The number of hydrogen-bond donors (Lipinski definition) is 1. The van der Waals surface area contributed by atoms with Crippen LogP contribution in [0.1, 0.15) is 40.0 Å². The smallest absolute Gasteiger partial charge is 0.00781 e. The van der Waals surface area contributed by atoms with E-state index >= 15 is 0 Å². The average Bonchev–Trinajstić information content (AvgIpc) is 2.50. The molecular weight excluding hydrogens is 178 g/mol. The zero-order chi connectivity index (χ0) is 9.68. The summed E-state index contributed by atoms with van der Waals surface area (Å²) < 4.78 is 0. The van der Waals surface area contributed by atoms with Crippen molar-refractivity contribution < 1.29 is 0 Å². The first-order chi connectivity index (χ1) is 6.22. The van der Waals surface area contributed by atoms with E-state index in [-0.39, 0.29) is 0 Å². The van der Waals surface area contributed by atoms with Gasteiger partial charge in [-0.2, -0.15) is 11.8 Å². The normalized spacial score (nSPS) is 28.6. The lowest BCUT2D eigenvalue weighted by atomic mass is 10.2. The molecule has 2 unspecified atom stereocenters. The monoisotopic (exact) mass is 201 g/mol. The Morgan fingerprint density at radius 3 is 2.77 bits per heavy atom. The van der Waals surface area contributed by atoms with Gasteiger partial charge in [0.2, 0.25) is 0 Å². The van der Waals surface area contributed by atoms with Crippen molar-refractivity contribution in [2.24, 2.45) is 5.92 Å². The Morgan fingerprint density at radius 2 is 2.15 bits per heavy atom. The molecule has 1 aliphatic rings. The van der Waals surface area contributed by atoms with E-state index in [9.17, 15) is 0 Å². The second-order valence-corrected chi connectivity index (χ2v) is 5.97. The van der Waals surface area contributed by atoms with Crippen LogP contribution in [0.2, 0.25) is 0 Å². The zero-order valence-corrected chi connectivity index (χ0v) is 9.99. The van der Waals surface area contributed by atoms with Crippen LogP contribution >= 0.6 is 11.8 Å². The van der Waals surface area contributed by atoms with E-state index in [4.69, 9.17) is 0 Å². The van der Waals surface area contributed by atoms with Crippen LogP contribution in [-0.4, -0.2) is 23.6 Å². The lowest BCUT2D eigenvalue weighted by Gasteiger charge is -2.14. The molecule has 13 heavy (non-hydrogen) atoms. The number of nitrogens with one attached hydrogen (secondary N) is 1. The molecule has 2 atom stereocenters. The number of rotatable bonds is 5. The van der Waals surface area contributed by atoms with Crippen LogP contribution in [0, 0.1) is 5.92 Å². The fraction of sp³-hybridized carbons (Fsp3) is 1.00. The molecule has 1 aliphatic carbocycles. The Morgan fingerprint density at radius 1 is 1.38 bits per heavy atom. The summed E-state index contributed by atoms with van der Waals surface area (Å²) in [6.07, 6.45) is 4.21. The van der Waals surface area contributed by atoms with Crippen molar-refractivity contribution >= 4 is 11.8 Å². The van der Waals surface area contributed by atoms with Gasteiger partial charge in [-0.1, -0.05) is 20.8 Å². The molecule has 1 N–H and O–H groups in total. The highest BCUT2D eigenvalue weighted by molar-refractivity contribution is 7.99. The summed E-state index contributed by atoms with van der Waals surface area (Å²) in [5, 5.41) is 4.60. The molecule has 0 aliphatic heterocycles. The minimum absolute atomic E-state index is 0.790. The quantitative estimate of drug-likeness (QED) is 0.734. The molecule has 2 heteroatoms. The third-order valence-electron chi connectivity index (χ3n) is 2.60. The summed E-state index contributed by atoms with van der Waals surface area (Å²) in [5.74, 6) is 2.07. The van der Waals surface area contributed by atoms with Gasteiger partial charge in [0.25, 0.3) is 0 Å². The molecule has 1 nitrogen and oxygen atoms in total. The van der Waals surface area contributed by atoms with Crippen LogP contribution in [0.25, 0.3) is 0 Å². The van der Waals surface area contributed by atoms with Gasteiger partial charge in [-0.05, 0) is 37.5 Å². The van der Waals surface area contributed by atoms with Gasteiger partial charge in [0, 0.05) is 11.3 Å². The predicted molar refractivity (Wildman–Crippen MR) is 62.4 cm³/mol. The predicted octanol–water partition coefficient (Wildman–Crippen LogP) is 2.91. The Labute approximate surface area is 87.1 Å². The highest BCUT2D eigenvalue weighted by Crippen LogP contribution is 2.29. The van der Waals surface area contributed by atoms with E-state index in [0.717, 1.165) is 17.2 Å². The summed E-state index contributed by atoms with van der Waals surface area (Å²) in [7, 11) is 0. The average molecular weight is 201 g/mol. The van der Waals surface area contributed by atoms with Crippen molar-refractivity contribution in [2.45, 2.75) is 51.3 Å². The lowest BCUT2D eigenvalue weighted by Crippen LogP contribution is -2.30. The van der Waals surface area contributed by atoms with Gasteiger partial charge in [0.15, 0.2) is 0 Å². The fourth-order valence-corrected chi connectivity index (χ4v) is 3.06. The van der Waals surface area contributed by atoms with Crippen molar-refractivity contribution in [1.29, 1.82) is 0 Å². The maximum atomic E-state index is 3.66. The Bertz CT molecular complexity index is 136. The maximum Gasteiger partial charge on any atom is 0.00781 e. The molecule has 1 rings (SSSR count). The van der Waals surface area contributed by atoms with Gasteiger partial charge < -0.3 is 5.32 Å². The van der Waals surface area contributed by atoms with E-state index in [1.165, 1.54) is 31.6 Å². The molecule has 0 radical (unpaired) electrons. The Kier molecular flexibility index (Phi) is 5.18. The third-order valence-corrected chi connectivity index (χ3v) is 3.83.